The first kappa shape index (κ1) is 15.0. The van der Waals surface area contributed by atoms with Gasteiger partial charge in [0, 0.05) is 18.4 Å². The summed E-state index contributed by atoms with van der Waals surface area (Å²) in [5.41, 5.74) is 0.937. The van der Waals surface area contributed by atoms with Crippen molar-refractivity contribution in [2.45, 2.75) is 13.8 Å². The third-order valence-electron chi connectivity index (χ3n) is 3.12. The van der Waals surface area contributed by atoms with Crippen molar-refractivity contribution in [1.82, 2.24) is 0 Å². The number of methoxy groups -OCH3 is 3. The van der Waals surface area contributed by atoms with Gasteiger partial charge in [0.15, 0.2) is 11.5 Å². The third kappa shape index (κ3) is 2.72. The summed E-state index contributed by atoms with van der Waals surface area (Å²) in [4.78, 5) is 11.3. The van der Waals surface area contributed by atoms with Crippen LogP contribution in [-0.2, 0) is 4.79 Å². The molecule has 0 fully saturated rings. The van der Waals surface area contributed by atoms with Crippen LogP contribution in [0.2, 0.25) is 0 Å². The highest BCUT2D eigenvalue weighted by molar-refractivity contribution is 6.01. The quantitative estimate of drug-likeness (QED) is 0.639. The lowest BCUT2D eigenvalue weighted by Crippen LogP contribution is -2.03. The third-order valence-corrected chi connectivity index (χ3v) is 3.12. The standard InChI is InChI=1S/C16H18O5/c1-9-6-11-15(13(7-9)21-10(2)17)12(18-3)8-14(19-4)16(11)20-5/h6-8H,1-5H3. The van der Waals surface area contributed by atoms with Gasteiger partial charge in [-0.2, -0.15) is 0 Å². The molecule has 0 aliphatic heterocycles. The summed E-state index contributed by atoms with van der Waals surface area (Å²) in [6.07, 6.45) is 0. The van der Waals surface area contributed by atoms with Crippen LogP contribution in [0.15, 0.2) is 18.2 Å². The van der Waals surface area contributed by atoms with Crippen molar-refractivity contribution in [3.05, 3.63) is 23.8 Å². The van der Waals surface area contributed by atoms with Crippen LogP contribution in [-0.4, -0.2) is 27.3 Å². The topological polar surface area (TPSA) is 54.0 Å². The Hall–Kier alpha value is -2.43. The van der Waals surface area contributed by atoms with Crippen molar-refractivity contribution in [2.75, 3.05) is 21.3 Å². The molecule has 2 aromatic carbocycles. The van der Waals surface area contributed by atoms with E-state index in [1.807, 2.05) is 13.0 Å². The van der Waals surface area contributed by atoms with E-state index < -0.39 is 5.97 Å². The van der Waals surface area contributed by atoms with Gasteiger partial charge in [-0.05, 0) is 24.6 Å². The van der Waals surface area contributed by atoms with Crippen molar-refractivity contribution >= 4 is 16.7 Å². The van der Waals surface area contributed by atoms with E-state index in [0.717, 1.165) is 10.9 Å². The fraction of sp³-hybridized carbons (Fsp3) is 0.312. The molecule has 0 aromatic heterocycles. The van der Waals surface area contributed by atoms with E-state index in [1.54, 1.807) is 33.5 Å². The molecule has 0 aliphatic rings. The smallest absolute Gasteiger partial charge is 0.308 e. The molecule has 0 aliphatic carbocycles. The molecule has 0 saturated carbocycles. The molecular formula is C16H18O5. The first-order chi connectivity index (χ1) is 10.0. The average Bonchev–Trinajstić information content (AvgIpc) is 2.44. The Bertz CT molecular complexity index is 691. The Balaban J connectivity index is 2.90. The number of rotatable bonds is 4. The van der Waals surface area contributed by atoms with Crippen molar-refractivity contribution < 1.29 is 23.7 Å². The van der Waals surface area contributed by atoms with Crippen molar-refractivity contribution in [2.24, 2.45) is 0 Å². The molecule has 0 unspecified atom stereocenters. The van der Waals surface area contributed by atoms with Gasteiger partial charge in [-0.15, -0.1) is 0 Å². The summed E-state index contributed by atoms with van der Waals surface area (Å²) in [7, 11) is 4.68. The highest BCUT2D eigenvalue weighted by Crippen LogP contribution is 2.45. The first-order valence-corrected chi connectivity index (χ1v) is 6.43. The number of hydrogen-bond donors (Lipinski definition) is 0. The number of ether oxygens (including phenoxy) is 4. The van der Waals surface area contributed by atoms with Crippen LogP contribution in [0.3, 0.4) is 0 Å². The maximum atomic E-state index is 11.3. The van der Waals surface area contributed by atoms with Crippen molar-refractivity contribution in [3.63, 3.8) is 0 Å². The average molecular weight is 290 g/mol. The lowest BCUT2D eigenvalue weighted by atomic mass is 10.0. The van der Waals surface area contributed by atoms with Crippen molar-refractivity contribution in [3.8, 4) is 23.0 Å². The van der Waals surface area contributed by atoms with Gasteiger partial charge in [-0.3, -0.25) is 4.79 Å². The van der Waals surface area contributed by atoms with Gasteiger partial charge in [-0.25, -0.2) is 0 Å². The summed E-state index contributed by atoms with van der Waals surface area (Å²) in [6, 6.07) is 5.44. The Labute approximate surface area is 123 Å². The zero-order valence-corrected chi connectivity index (χ0v) is 12.8. The molecule has 0 bridgehead atoms. The van der Waals surface area contributed by atoms with Gasteiger partial charge in [0.1, 0.15) is 11.5 Å². The van der Waals surface area contributed by atoms with E-state index in [-0.39, 0.29) is 0 Å². The van der Waals surface area contributed by atoms with Crippen LogP contribution < -0.4 is 18.9 Å². The maximum Gasteiger partial charge on any atom is 0.308 e. The van der Waals surface area contributed by atoms with Crippen LogP contribution >= 0.6 is 0 Å². The van der Waals surface area contributed by atoms with Crippen LogP contribution in [0.1, 0.15) is 12.5 Å². The minimum absolute atomic E-state index is 0.390. The highest BCUT2D eigenvalue weighted by Gasteiger charge is 2.19. The number of benzene rings is 2. The van der Waals surface area contributed by atoms with Crippen molar-refractivity contribution in [1.29, 1.82) is 0 Å². The summed E-state index contributed by atoms with van der Waals surface area (Å²) in [5, 5.41) is 1.45. The van der Waals surface area contributed by atoms with E-state index in [2.05, 4.69) is 0 Å². The van der Waals surface area contributed by atoms with Gasteiger partial charge >= 0.3 is 5.97 Å². The van der Waals surface area contributed by atoms with Crippen LogP contribution in [0.4, 0.5) is 0 Å². The minimum atomic E-state index is -0.390. The first-order valence-electron chi connectivity index (χ1n) is 6.43. The number of carbonyl (C=O) groups is 1. The summed E-state index contributed by atoms with van der Waals surface area (Å²) in [5.74, 6) is 1.74. The Morgan fingerprint density at radius 2 is 1.57 bits per heavy atom. The Morgan fingerprint density at radius 3 is 2.10 bits per heavy atom. The van der Waals surface area contributed by atoms with Crippen LogP contribution in [0.5, 0.6) is 23.0 Å². The second-order valence-corrected chi connectivity index (χ2v) is 4.59. The lowest BCUT2D eigenvalue weighted by Gasteiger charge is -2.17. The molecule has 0 heterocycles. The van der Waals surface area contributed by atoms with Crippen LogP contribution in [0.25, 0.3) is 10.8 Å². The number of aryl methyl sites for hydroxylation is 1. The molecule has 21 heavy (non-hydrogen) atoms. The van der Waals surface area contributed by atoms with Gasteiger partial charge in [-0.1, -0.05) is 0 Å². The number of hydrogen-bond acceptors (Lipinski definition) is 5. The lowest BCUT2D eigenvalue weighted by molar-refractivity contribution is -0.131. The predicted octanol–water partition coefficient (Wildman–Crippen LogP) is 3.10. The molecule has 2 aromatic rings. The molecule has 2 rings (SSSR count). The summed E-state index contributed by atoms with van der Waals surface area (Å²) >= 11 is 0. The Kier molecular flexibility index (Phi) is 4.21. The highest BCUT2D eigenvalue weighted by atomic mass is 16.5. The fourth-order valence-corrected chi connectivity index (χ4v) is 2.33. The van der Waals surface area contributed by atoms with Gasteiger partial charge < -0.3 is 18.9 Å². The normalized spacial score (nSPS) is 10.3. The van der Waals surface area contributed by atoms with E-state index in [9.17, 15) is 4.79 Å². The molecule has 5 nitrogen and oxygen atoms in total. The second kappa shape index (κ2) is 5.91. The number of esters is 1. The van der Waals surface area contributed by atoms with E-state index in [1.165, 1.54) is 6.92 Å². The van der Waals surface area contributed by atoms with E-state index >= 15 is 0 Å². The fourth-order valence-electron chi connectivity index (χ4n) is 2.33. The Morgan fingerprint density at radius 1 is 0.905 bits per heavy atom. The molecule has 5 heteroatoms. The second-order valence-electron chi connectivity index (χ2n) is 4.59. The van der Waals surface area contributed by atoms with Gasteiger partial charge in [0.25, 0.3) is 0 Å². The summed E-state index contributed by atoms with van der Waals surface area (Å²) in [6.45, 7) is 3.28. The molecule has 112 valence electrons. The monoisotopic (exact) mass is 290 g/mol. The zero-order chi connectivity index (χ0) is 15.6. The minimum Gasteiger partial charge on any atom is -0.496 e. The molecule has 0 N–H and O–H groups in total. The van der Waals surface area contributed by atoms with E-state index in [4.69, 9.17) is 18.9 Å². The number of carbonyl (C=O) groups excluding carboxylic acids is 1. The molecule has 0 radical (unpaired) electrons. The van der Waals surface area contributed by atoms with Crippen LogP contribution in [0, 0.1) is 6.92 Å². The molecule has 0 saturated heterocycles. The van der Waals surface area contributed by atoms with Gasteiger partial charge in [0.2, 0.25) is 0 Å². The molecular weight excluding hydrogens is 272 g/mol. The zero-order valence-electron chi connectivity index (χ0n) is 12.8. The SMILES string of the molecule is COc1cc(OC)c2c(OC(C)=O)cc(C)cc2c1OC. The molecule has 0 spiro atoms. The van der Waals surface area contributed by atoms with E-state index in [0.29, 0.717) is 28.4 Å². The largest absolute Gasteiger partial charge is 0.496 e. The molecule has 0 amide bonds. The maximum absolute atomic E-state index is 11.3. The number of fused-ring (bicyclic) bond motifs is 1. The molecule has 0 atom stereocenters. The summed E-state index contributed by atoms with van der Waals surface area (Å²) < 4.78 is 21.5. The predicted molar refractivity (Wildman–Crippen MR) is 79.7 cm³/mol. The van der Waals surface area contributed by atoms with Gasteiger partial charge in [0.05, 0.1) is 26.7 Å².